The number of carbonyl (C=O) groups excluding carboxylic acids is 1. The van der Waals surface area contributed by atoms with Crippen LogP contribution in [-0.4, -0.2) is 33.2 Å². The minimum Gasteiger partial charge on any atom is -0.352 e. The Labute approximate surface area is 139 Å². The number of sulfonamides is 1. The highest BCUT2D eigenvalue weighted by Gasteiger charge is 2.32. The van der Waals surface area contributed by atoms with Gasteiger partial charge in [0.05, 0.1) is 11.9 Å². The van der Waals surface area contributed by atoms with Gasteiger partial charge < -0.3 is 5.32 Å². The first-order chi connectivity index (χ1) is 10.8. The molecule has 1 unspecified atom stereocenters. The summed E-state index contributed by atoms with van der Waals surface area (Å²) >= 11 is 0. The highest BCUT2D eigenvalue weighted by molar-refractivity contribution is 7.92. The van der Waals surface area contributed by atoms with Gasteiger partial charge in [-0.2, -0.15) is 0 Å². The second kappa shape index (κ2) is 7.34. The number of hydrogen-bond donors (Lipinski definition) is 1. The Hall–Kier alpha value is -1.56. The number of nitrogens with one attached hydrogen (secondary N) is 1. The van der Waals surface area contributed by atoms with Crippen molar-refractivity contribution in [1.29, 1.82) is 0 Å². The Morgan fingerprint density at radius 2 is 2.04 bits per heavy atom. The van der Waals surface area contributed by atoms with Gasteiger partial charge in [-0.3, -0.25) is 9.10 Å². The summed E-state index contributed by atoms with van der Waals surface area (Å²) in [5, 5.41) is 2.93. The third-order valence-electron chi connectivity index (χ3n) is 4.17. The summed E-state index contributed by atoms with van der Waals surface area (Å²) in [7, 11) is -3.29. The van der Waals surface area contributed by atoms with Gasteiger partial charge in [0.1, 0.15) is 0 Å². The number of anilines is 1. The van der Waals surface area contributed by atoms with Gasteiger partial charge >= 0.3 is 0 Å². The van der Waals surface area contributed by atoms with Crippen molar-refractivity contribution in [3.05, 3.63) is 29.3 Å². The van der Waals surface area contributed by atoms with E-state index in [2.05, 4.69) is 12.2 Å². The summed E-state index contributed by atoms with van der Waals surface area (Å²) in [6.07, 6.45) is 6.34. The van der Waals surface area contributed by atoms with Crippen LogP contribution in [0.15, 0.2) is 18.2 Å². The molecule has 0 radical (unpaired) electrons. The van der Waals surface area contributed by atoms with Crippen LogP contribution in [0.25, 0.3) is 0 Å². The number of carbonyl (C=O) groups is 1. The summed E-state index contributed by atoms with van der Waals surface area (Å²) in [6, 6.07) is 5.16. The van der Waals surface area contributed by atoms with E-state index in [0.29, 0.717) is 24.2 Å². The van der Waals surface area contributed by atoms with Gasteiger partial charge in [-0.1, -0.05) is 26.2 Å². The molecule has 5 nitrogen and oxygen atoms in total. The van der Waals surface area contributed by atoms with Crippen LogP contribution in [0.3, 0.4) is 0 Å². The molecule has 0 aliphatic carbocycles. The van der Waals surface area contributed by atoms with Crippen molar-refractivity contribution in [2.75, 3.05) is 17.1 Å². The average Bonchev–Trinajstić information content (AvgIpc) is 2.81. The van der Waals surface area contributed by atoms with Gasteiger partial charge in [0.2, 0.25) is 10.0 Å². The molecule has 1 aromatic rings. The van der Waals surface area contributed by atoms with Gasteiger partial charge in [-0.25, -0.2) is 8.42 Å². The predicted octanol–water partition coefficient (Wildman–Crippen LogP) is 2.71. The molecule has 0 saturated carbocycles. The molecular formula is C17H26N2O3S. The van der Waals surface area contributed by atoms with E-state index in [4.69, 9.17) is 0 Å². The first kappa shape index (κ1) is 17.8. The SMILES string of the molecule is CCCCCCNC(=O)c1ccc2c(c1)CC(C)N2S(C)(=O)=O. The van der Waals surface area contributed by atoms with Crippen molar-refractivity contribution in [3.8, 4) is 0 Å². The molecule has 1 heterocycles. The molecule has 1 aliphatic heterocycles. The van der Waals surface area contributed by atoms with Crippen LogP contribution in [0, 0.1) is 0 Å². The van der Waals surface area contributed by atoms with Gasteiger partial charge in [-0.15, -0.1) is 0 Å². The van der Waals surface area contributed by atoms with Gasteiger partial charge in [0.25, 0.3) is 5.91 Å². The van der Waals surface area contributed by atoms with E-state index in [9.17, 15) is 13.2 Å². The third kappa shape index (κ3) is 4.25. The van der Waals surface area contributed by atoms with Crippen molar-refractivity contribution in [2.45, 2.75) is 52.0 Å². The first-order valence-electron chi connectivity index (χ1n) is 8.25. The number of hydrogen-bond acceptors (Lipinski definition) is 3. The molecule has 6 heteroatoms. The molecule has 1 aliphatic rings. The molecule has 128 valence electrons. The molecule has 1 atom stereocenters. The minimum absolute atomic E-state index is 0.0882. The fourth-order valence-corrected chi connectivity index (χ4v) is 4.37. The van der Waals surface area contributed by atoms with Crippen LogP contribution >= 0.6 is 0 Å². The summed E-state index contributed by atoms with van der Waals surface area (Å²) in [6.45, 7) is 4.72. The van der Waals surface area contributed by atoms with E-state index in [1.165, 1.54) is 23.4 Å². The molecule has 0 bridgehead atoms. The Bertz CT molecular complexity index is 670. The van der Waals surface area contributed by atoms with E-state index in [1.807, 2.05) is 13.0 Å². The molecule has 0 fully saturated rings. The second-order valence-corrected chi connectivity index (χ2v) is 8.13. The molecule has 1 amide bonds. The normalized spacial score (nSPS) is 17.2. The molecule has 0 aromatic heterocycles. The smallest absolute Gasteiger partial charge is 0.251 e. The highest BCUT2D eigenvalue weighted by Crippen LogP contribution is 2.34. The van der Waals surface area contributed by atoms with E-state index < -0.39 is 10.0 Å². The maximum absolute atomic E-state index is 12.2. The van der Waals surface area contributed by atoms with Gasteiger partial charge in [0.15, 0.2) is 0 Å². The van der Waals surface area contributed by atoms with Crippen molar-refractivity contribution >= 4 is 21.6 Å². The Balaban J connectivity index is 2.05. The predicted molar refractivity (Wildman–Crippen MR) is 93.4 cm³/mol. The zero-order valence-electron chi connectivity index (χ0n) is 14.1. The summed E-state index contributed by atoms with van der Waals surface area (Å²) in [5.74, 6) is -0.0882. The maximum Gasteiger partial charge on any atom is 0.251 e. The van der Waals surface area contributed by atoms with Crippen molar-refractivity contribution < 1.29 is 13.2 Å². The lowest BCUT2D eigenvalue weighted by Crippen LogP contribution is -2.34. The van der Waals surface area contributed by atoms with Crippen LogP contribution in [-0.2, 0) is 16.4 Å². The van der Waals surface area contributed by atoms with Gasteiger partial charge in [0, 0.05) is 18.2 Å². The van der Waals surface area contributed by atoms with E-state index in [-0.39, 0.29) is 11.9 Å². The summed E-state index contributed by atoms with van der Waals surface area (Å²) in [5.41, 5.74) is 2.21. The maximum atomic E-state index is 12.2. The molecule has 23 heavy (non-hydrogen) atoms. The van der Waals surface area contributed by atoms with E-state index in [1.54, 1.807) is 12.1 Å². The lowest BCUT2D eigenvalue weighted by molar-refractivity contribution is 0.0953. The number of rotatable bonds is 7. The van der Waals surface area contributed by atoms with Crippen LogP contribution in [0.1, 0.15) is 55.5 Å². The second-order valence-electron chi connectivity index (χ2n) is 6.27. The van der Waals surface area contributed by atoms with Crippen LogP contribution in [0.4, 0.5) is 5.69 Å². The third-order valence-corrected chi connectivity index (χ3v) is 5.44. The Kier molecular flexibility index (Phi) is 5.68. The lowest BCUT2D eigenvalue weighted by atomic mass is 10.1. The largest absolute Gasteiger partial charge is 0.352 e. The number of fused-ring (bicyclic) bond motifs is 1. The van der Waals surface area contributed by atoms with E-state index >= 15 is 0 Å². The van der Waals surface area contributed by atoms with Crippen molar-refractivity contribution in [1.82, 2.24) is 5.32 Å². The minimum atomic E-state index is -3.29. The molecule has 0 saturated heterocycles. The number of benzene rings is 1. The van der Waals surface area contributed by atoms with Gasteiger partial charge in [-0.05, 0) is 43.5 Å². The standard InChI is InChI=1S/C17H26N2O3S/c1-4-5-6-7-10-18-17(20)14-8-9-16-15(12-14)11-13(2)19(16)23(3,21)22/h8-9,12-13H,4-7,10-11H2,1-3H3,(H,18,20). The monoisotopic (exact) mass is 338 g/mol. The molecule has 0 spiro atoms. The average molecular weight is 338 g/mol. The summed E-state index contributed by atoms with van der Waals surface area (Å²) < 4.78 is 25.2. The fourth-order valence-electron chi connectivity index (χ4n) is 3.11. The van der Waals surface area contributed by atoms with E-state index in [0.717, 1.165) is 18.4 Å². The van der Waals surface area contributed by atoms with Crippen molar-refractivity contribution in [2.24, 2.45) is 0 Å². The van der Waals surface area contributed by atoms with Crippen LogP contribution < -0.4 is 9.62 Å². The molecule has 1 aromatic carbocycles. The molecular weight excluding hydrogens is 312 g/mol. The first-order valence-corrected chi connectivity index (χ1v) is 10.1. The number of amides is 1. The lowest BCUT2D eigenvalue weighted by Gasteiger charge is -2.21. The Morgan fingerprint density at radius 3 is 2.70 bits per heavy atom. The fraction of sp³-hybridized carbons (Fsp3) is 0.588. The topological polar surface area (TPSA) is 66.5 Å². The van der Waals surface area contributed by atoms with Crippen LogP contribution in [0.2, 0.25) is 0 Å². The zero-order chi connectivity index (χ0) is 17.0. The zero-order valence-corrected chi connectivity index (χ0v) is 14.9. The quantitative estimate of drug-likeness (QED) is 0.777. The number of unbranched alkanes of at least 4 members (excludes halogenated alkanes) is 3. The molecule has 1 N–H and O–H groups in total. The van der Waals surface area contributed by atoms with Crippen LogP contribution in [0.5, 0.6) is 0 Å². The highest BCUT2D eigenvalue weighted by atomic mass is 32.2. The Morgan fingerprint density at radius 1 is 1.30 bits per heavy atom. The van der Waals surface area contributed by atoms with Crippen molar-refractivity contribution in [3.63, 3.8) is 0 Å². The molecule has 2 rings (SSSR count). The number of nitrogens with zero attached hydrogens (tertiary/aromatic N) is 1. The summed E-state index contributed by atoms with van der Waals surface area (Å²) in [4.78, 5) is 12.2.